The summed E-state index contributed by atoms with van der Waals surface area (Å²) in [6.45, 7) is 5.41. The number of hydrogen-bond donors (Lipinski definition) is 3. The molecule has 4 atom stereocenters. The molecule has 6 nitrogen and oxygen atoms in total. The lowest BCUT2D eigenvalue weighted by molar-refractivity contribution is 0.0435. The second-order valence-corrected chi connectivity index (χ2v) is 10.6. The maximum atomic E-state index is 9.90. The molecule has 3 heterocycles. The molecule has 0 bridgehead atoms. The van der Waals surface area contributed by atoms with E-state index < -0.39 is 0 Å². The zero-order valence-corrected chi connectivity index (χ0v) is 21.3. The molecule has 0 aromatic heterocycles. The number of hydrogen-bond acceptors (Lipinski definition) is 6. The number of ether oxygens (including phenoxy) is 2. The van der Waals surface area contributed by atoms with E-state index in [1.165, 1.54) is 35.1 Å². The quantitative estimate of drug-likeness (QED) is 0.561. The van der Waals surface area contributed by atoms with Crippen molar-refractivity contribution in [3.8, 4) is 11.5 Å². The van der Waals surface area contributed by atoms with E-state index in [0.717, 1.165) is 61.5 Å². The van der Waals surface area contributed by atoms with Crippen molar-refractivity contribution in [3.63, 3.8) is 0 Å². The Kier molecular flexibility index (Phi) is 7.35. The van der Waals surface area contributed by atoms with E-state index in [2.05, 4.69) is 41.4 Å². The van der Waals surface area contributed by atoms with Gasteiger partial charge in [-0.3, -0.25) is 4.90 Å². The van der Waals surface area contributed by atoms with Crippen LogP contribution in [0.2, 0.25) is 0 Å². The Hall–Kier alpha value is -2.12. The highest BCUT2D eigenvalue weighted by molar-refractivity contribution is 5.48. The summed E-state index contributed by atoms with van der Waals surface area (Å²) in [5.74, 6) is 2.97. The smallest absolute Gasteiger partial charge is 0.161 e. The summed E-state index contributed by atoms with van der Waals surface area (Å²) >= 11 is 0. The fourth-order valence-corrected chi connectivity index (χ4v) is 6.81. The average Bonchev–Trinajstić information content (AvgIpc) is 2.90. The Morgan fingerprint density at radius 2 is 1.66 bits per heavy atom. The van der Waals surface area contributed by atoms with Crippen molar-refractivity contribution in [2.24, 2.45) is 11.8 Å². The number of fused-ring (bicyclic) bond motifs is 4. The highest BCUT2D eigenvalue weighted by Gasteiger charge is 2.39. The van der Waals surface area contributed by atoms with E-state index in [-0.39, 0.29) is 13.2 Å². The fraction of sp³-hybridized carbons (Fsp3) is 0.586. The molecule has 0 saturated carbocycles. The minimum atomic E-state index is -0.0173. The van der Waals surface area contributed by atoms with Crippen LogP contribution in [-0.4, -0.2) is 48.5 Å². The Morgan fingerprint density at radius 1 is 0.943 bits per heavy atom. The van der Waals surface area contributed by atoms with Gasteiger partial charge < -0.3 is 25.0 Å². The van der Waals surface area contributed by atoms with Crippen LogP contribution in [-0.2, 0) is 32.6 Å². The van der Waals surface area contributed by atoms with Crippen molar-refractivity contribution in [3.05, 3.63) is 57.6 Å². The molecular weight excluding hydrogens is 440 g/mol. The fourth-order valence-electron chi connectivity index (χ4n) is 6.81. The van der Waals surface area contributed by atoms with Gasteiger partial charge in [-0.05, 0) is 83.0 Å². The van der Waals surface area contributed by atoms with Gasteiger partial charge in [-0.15, -0.1) is 0 Å². The molecular formula is C29H40N2O4. The third-order valence-electron chi connectivity index (χ3n) is 8.80. The van der Waals surface area contributed by atoms with Crippen LogP contribution in [0.25, 0.3) is 0 Å². The van der Waals surface area contributed by atoms with Crippen molar-refractivity contribution in [2.75, 3.05) is 27.3 Å². The second kappa shape index (κ2) is 10.5. The van der Waals surface area contributed by atoms with Crippen LogP contribution < -0.4 is 14.8 Å². The van der Waals surface area contributed by atoms with Gasteiger partial charge in [0, 0.05) is 31.7 Å². The zero-order chi connectivity index (χ0) is 24.5. The molecule has 190 valence electrons. The summed E-state index contributed by atoms with van der Waals surface area (Å²) in [5.41, 5.74) is 7.14. The predicted octanol–water partition coefficient (Wildman–Crippen LogP) is 3.74. The molecule has 6 heteroatoms. The average molecular weight is 481 g/mol. The number of piperidine rings is 1. The summed E-state index contributed by atoms with van der Waals surface area (Å²) in [6, 6.07) is 9.46. The van der Waals surface area contributed by atoms with Crippen molar-refractivity contribution in [1.82, 2.24) is 10.2 Å². The summed E-state index contributed by atoms with van der Waals surface area (Å²) in [7, 11) is 3.40. The number of benzene rings is 2. The maximum Gasteiger partial charge on any atom is 0.161 e. The number of rotatable bonds is 7. The van der Waals surface area contributed by atoms with E-state index in [9.17, 15) is 10.2 Å². The van der Waals surface area contributed by atoms with E-state index in [0.29, 0.717) is 23.9 Å². The van der Waals surface area contributed by atoms with Crippen LogP contribution in [0.15, 0.2) is 24.3 Å². The lowest BCUT2D eigenvalue weighted by Gasteiger charge is -2.48. The first-order chi connectivity index (χ1) is 17.1. The molecule has 2 aromatic rings. The Bertz CT molecular complexity index is 1060. The van der Waals surface area contributed by atoms with Gasteiger partial charge in [-0.2, -0.15) is 0 Å². The number of aliphatic hydroxyl groups is 2. The van der Waals surface area contributed by atoms with Crippen LogP contribution in [0.5, 0.6) is 11.5 Å². The van der Waals surface area contributed by atoms with Crippen molar-refractivity contribution < 1.29 is 19.7 Å². The molecule has 1 fully saturated rings. The summed E-state index contributed by atoms with van der Waals surface area (Å²) in [5, 5.41) is 23.5. The van der Waals surface area contributed by atoms with E-state index in [1.54, 1.807) is 14.2 Å². The minimum Gasteiger partial charge on any atom is -0.493 e. The predicted molar refractivity (Wildman–Crippen MR) is 137 cm³/mol. The Balaban J connectivity index is 1.35. The first-order valence-corrected chi connectivity index (χ1v) is 13.2. The number of nitrogens with zero attached hydrogens (tertiary/aromatic N) is 1. The zero-order valence-electron chi connectivity index (χ0n) is 21.3. The third kappa shape index (κ3) is 4.69. The van der Waals surface area contributed by atoms with Crippen molar-refractivity contribution in [2.45, 2.75) is 70.9 Å². The summed E-state index contributed by atoms with van der Waals surface area (Å²) < 4.78 is 11.1. The molecule has 3 aliphatic heterocycles. The van der Waals surface area contributed by atoms with Crippen LogP contribution in [0.1, 0.15) is 65.6 Å². The second-order valence-electron chi connectivity index (χ2n) is 10.6. The Morgan fingerprint density at radius 3 is 2.34 bits per heavy atom. The SMILES string of the molecule is CC[C@H]1CN2CCc3cc(CO)c(CO)cc3[C@@H]2C[C@@H]1CC1Cc2cc(OC)c(OC)cc2CN1. The lowest BCUT2D eigenvalue weighted by Crippen LogP contribution is -2.48. The van der Waals surface area contributed by atoms with Gasteiger partial charge in [0.1, 0.15) is 0 Å². The van der Waals surface area contributed by atoms with Crippen LogP contribution in [0, 0.1) is 11.8 Å². The molecule has 1 unspecified atom stereocenters. The molecule has 2 aromatic carbocycles. The van der Waals surface area contributed by atoms with E-state index in [1.807, 2.05) is 0 Å². The standard InChI is InChI=1S/C29H40N2O4/c1-4-18-15-31-6-5-19-7-23(16-32)24(17-33)10-26(19)27(31)11-20(18)8-25-9-21-12-28(34-2)29(35-3)13-22(21)14-30-25/h7,10,12-13,18,20,25,27,30,32-33H,4-6,8-9,11,14-17H2,1-3H3/t18-,20-,25?,27-/m0/s1. The van der Waals surface area contributed by atoms with Gasteiger partial charge in [0.2, 0.25) is 0 Å². The van der Waals surface area contributed by atoms with Gasteiger partial charge in [-0.25, -0.2) is 0 Å². The molecule has 0 amide bonds. The Labute approximate surface area is 209 Å². The molecule has 0 radical (unpaired) electrons. The third-order valence-corrected chi connectivity index (χ3v) is 8.80. The van der Waals surface area contributed by atoms with Crippen LogP contribution >= 0.6 is 0 Å². The van der Waals surface area contributed by atoms with Gasteiger partial charge >= 0.3 is 0 Å². The largest absolute Gasteiger partial charge is 0.493 e. The van der Waals surface area contributed by atoms with Gasteiger partial charge in [0.05, 0.1) is 27.4 Å². The summed E-state index contributed by atoms with van der Waals surface area (Å²) in [4.78, 5) is 2.67. The lowest BCUT2D eigenvalue weighted by atomic mass is 9.72. The highest BCUT2D eigenvalue weighted by Crippen LogP contribution is 2.45. The monoisotopic (exact) mass is 480 g/mol. The molecule has 5 rings (SSSR count). The molecule has 3 N–H and O–H groups in total. The van der Waals surface area contributed by atoms with E-state index in [4.69, 9.17) is 9.47 Å². The first-order valence-electron chi connectivity index (χ1n) is 13.2. The van der Waals surface area contributed by atoms with Crippen molar-refractivity contribution in [1.29, 1.82) is 0 Å². The number of nitrogens with one attached hydrogen (secondary N) is 1. The first kappa shape index (κ1) is 24.6. The highest BCUT2D eigenvalue weighted by atomic mass is 16.5. The van der Waals surface area contributed by atoms with Gasteiger partial charge in [-0.1, -0.05) is 25.5 Å². The van der Waals surface area contributed by atoms with Crippen LogP contribution in [0.4, 0.5) is 0 Å². The minimum absolute atomic E-state index is 0.0103. The molecule has 0 aliphatic carbocycles. The van der Waals surface area contributed by atoms with Gasteiger partial charge in [0.25, 0.3) is 0 Å². The molecule has 3 aliphatic rings. The molecule has 0 spiro atoms. The van der Waals surface area contributed by atoms with E-state index >= 15 is 0 Å². The van der Waals surface area contributed by atoms with Gasteiger partial charge in [0.15, 0.2) is 11.5 Å². The summed E-state index contributed by atoms with van der Waals surface area (Å²) in [6.07, 6.45) is 5.58. The maximum absolute atomic E-state index is 9.90. The number of aliphatic hydroxyl groups excluding tert-OH is 2. The molecule has 1 saturated heterocycles. The number of methoxy groups -OCH3 is 2. The normalized spacial score (nSPS) is 26.0. The van der Waals surface area contributed by atoms with Crippen molar-refractivity contribution >= 4 is 0 Å². The topological polar surface area (TPSA) is 74.2 Å². The van der Waals surface area contributed by atoms with Crippen LogP contribution in [0.3, 0.4) is 0 Å². The molecule has 35 heavy (non-hydrogen) atoms.